The van der Waals surface area contributed by atoms with E-state index in [-0.39, 0.29) is 5.91 Å². The summed E-state index contributed by atoms with van der Waals surface area (Å²) in [5.41, 5.74) is 3.49. The van der Waals surface area contributed by atoms with E-state index in [0.717, 1.165) is 11.1 Å². The third-order valence-corrected chi connectivity index (χ3v) is 4.19. The highest BCUT2D eigenvalue weighted by atomic mass is 35.5. The number of nitrogens with one attached hydrogen (secondary N) is 1. The van der Waals surface area contributed by atoms with Crippen molar-refractivity contribution in [1.82, 2.24) is 24.7 Å². The Kier molecular flexibility index (Phi) is 4.59. The lowest BCUT2D eigenvalue weighted by molar-refractivity contribution is 0.102. The number of aromatic nitrogens is 5. The molecular weight excluding hydrogens is 364 g/mol. The van der Waals surface area contributed by atoms with Crippen LogP contribution in [0.4, 0.5) is 5.69 Å². The first-order chi connectivity index (χ1) is 13.2. The van der Waals surface area contributed by atoms with Gasteiger partial charge in [0.25, 0.3) is 5.91 Å². The molecule has 0 fully saturated rings. The van der Waals surface area contributed by atoms with E-state index in [1.165, 1.54) is 12.7 Å². The van der Waals surface area contributed by atoms with E-state index in [9.17, 15) is 4.79 Å². The van der Waals surface area contributed by atoms with E-state index < -0.39 is 0 Å². The molecule has 1 N–H and O–H groups in total. The normalized spacial score (nSPS) is 10.6. The van der Waals surface area contributed by atoms with Crippen LogP contribution in [0.5, 0.6) is 0 Å². The molecule has 2 heterocycles. The molecule has 4 aromatic rings. The maximum atomic E-state index is 12.6. The van der Waals surface area contributed by atoms with Gasteiger partial charge >= 0.3 is 0 Å². The number of carbonyl (C=O) groups is 1. The third-order valence-electron chi connectivity index (χ3n) is 3.89. The quantitative estimate of drug-likeness (QED) is 0.587. The van der Waals surface area contributed by atoms with Gasteiger partial charge in [-0.25, -0.2) is 19.6 Å². The van der Waals surface area contributed by atoms with Gasteiger partial charge in [0.2, 0.25) is 0 Å². The van der Waals surface area contributed by atoms with E-state index in [1.54, 1.807) is 53.7 Å². The Labute approximate surface area is 159 Å². The van der Waals surface area contributed by atoms with Crippen LogP contribution in [0.25, 0.3) is 16.8 Å². The molecule has 0 spiro atoms. The van der Waals surface area contributed by atoms with Gasteiger partial charge in [0.15, 0.2) is 0 Å². The van der Waals surface area contributed by atoms with Gasteiger partial charge in [-0.05, 0) is 35.9 Å². The summed E-state index contributed by atoms with van der Waals surface area (Å²) in [6.45, 7) is 0. The summed E-state index contributed by atoms with van der Waals surface area (Å²) in [7, 11) is 0. The van der Waals surface area contributed by atoms with Crippen LogP contribution in [0.3, 0.4) is 0 Å². The first kappa shape index (κ1) is 16.9. The Hall–Kier alpha value is -3.58. The summed E-state index contributed by atoms with van der Waals surface area (Å²) in [6.07, 6.45) is 7.85. The van der Waals surface area contributed by atoms with Gasteiger partial charge in [0.1, 0.15) is 19.0 Å². The molecule has 0 radical (unpaired) electrons. The zero-order valence-corrected chi connectivity index (χ0v) is 14.7. The van der Waals surface area contributed by atoms with Crippen LogP contribution in [-0.2, 0) is 0 Å². The number of amides is 1. The molecule has 0 aliphatic heterocycles. The van der Waals surface area contributed by atoms with Crippen molar-refractivity contribution in [1.29, 1.82) is 0 Å². The molecule has 0 saturated heterocycles. The van der Waals surface area contributed by atoms with Crippen molar-refractivity contribution in [3.05, 3.63) is 84.4 Å². The summed E-state index contributed by atoms with van der Waals surface area (Å²) < 4.78 is 1.55. The van der Waals surface area contributed by atoms with Gasteiger partial charge in [0.05, 0.1) is 10.7 Å². The van der Waals surface area contributed by atoms with Crippen molar-refractivity contribution in [2.24, 2.45) is 0 Å². The summed E-state index contributed by atoms with van der Waals surface area (Å²) >= 11 is 6.30. The molecule has 2 aromatic heterocycles. The molecule has 132 valence electrons. The summed E-state index contributed by atoms with van der Waals surface area (Å²) in [5, 5.41) is 7.35. The fraction of sp³-hybridized carbons (Fsp3) is 0. The smallest absolute Gasteiger partial charge is 0.255 e. The van der Waals surface area contributed by atoms with Gasteiger partial charge in [-0.15, -0.1) is 0 Å². The maximum Gasteiger partial charge on any atom is 0.255 e. The van der Waals surface area contributed by atoms with E-state index in [0.29, 0.717) is 22.0 Å². The Morgan fingerprint density at radius 1 is 0.963 bits per heavy atom. The topological polar surface area (TPSA) is 85.6 Å². The SMILES string of the molecule is O=C(Nc1ccc(-n2cncn2)c(Cl)c1)c1cccc(-c2cncnc2)c1. The minimum Gasteiger partial charge on any atom is -0.322 e. The number of hydrogen-bond donors (Lipinski definition) is 1. The minimum atomic E-state index is -0.238. The lowest BCUT2D eigenvalue weighted by Crippen LogP contribution is -2.12. The van der Waals surface area contributed by atoms with Crippen molar-refractivity contribution in [3.8, 4) is 16.8 Å². The van der Waals surface area contributed by atoms with Crippen LogP contribution >= 0.6 is 11.6 Å². The number of benzene rings is 2. The highest BCUT2D eigenvalue weighted by Crippen LogP contribution is 2.24. The predicted molar refractivity (Wildman–Crippen MR) is 102 cm³/mol. The lowest BCUT2D eigenvalue weighted by Gasteiger charge is -2.09. The molecule has 1 amide bonds. The molecule has 0 atom stereocenters. The minimum absolute atomic E-state index is 0.238. The van der Waals surface area contributed by atoms with Gasteiger partial charge in [-0.3, -0.25) is 4.79 Å². The van der Waals surface area contributed by atoms with Crippen molar-refractivity contribution in [3.63, 3.8) is 0 Å². The Bertz CT molecular complexity index is 1080. The lowest BCUT2D eigenvalue weighted by atomic mass is 10.1. The second kappa shape index (κ2) is 7.35. The van der Waals surface area contributed by atoms with Crippen LogP contribution in [-0.4, -0.2) is 30.6 Å². The van der Waals surface area contributed by atoms with Crippen LogP contribution < -0.4 is 5.32 Å². The fourth-order valence-electron chi connectivity index (χ4n) is 2.59. The molecule has 0 unspecified atom stereocenters. The molecule has 0 bridgehead atoms. The van der Waals surface area contributed by atoms with Crippen LogP contribution in [0.15, 0.2) is 73.8 Å². The van der Waals surface area contributed by atoms with Crippen LogP contribution in [0.2, 0.25) is 5.02 Å². The highest BCUT2D eigenvalue weighted by Gasteiger charge is 2.10. The first-order valence-corrected chi connectivity index (χ1v) is 8.40. The Morgan fingerprint density at radius 2 is 1.81 bits per heavy atom. The largest absolute Gasteiger partial charge is 0.322 e. The van der Waals surface area contributed by atoms with Gasteiger partial charge in [-0.2, -0.15) is 5.10 Å². The molecule has 8 heteroatoms. The summed E-state index contributed by atoms with van der Waals surface area (Å²) in [4.78, 5) is 24.5. The van der Waals surface area contributed by atoms with Crippen molar-refractivity contribution in [2.45, 2.75) is 0 Å². The molecule has 4 rings (SSSR count). The summed E-state index contributed by atoms with van der Waals surface area (Å²) in [6, 6.07) is 12.5. The van der Waals surface area contributed by atoms with Crippen LogP contribution in [0.1, 0.15) is 10.4 Å². The molecule has 0 aliphatic carbocycles. The number of carbonyl (C=O) groups excluding carboxylic acids is 1. The number of hydrogen-bond acceptors (Lipinski definition) is 5. The van der Waals surface area contributed by atoms with E-state index in [1.807, 2.05) is 12.1 Å². The zero-order valence-electron chi connectivity index (χ0n) is 14.0. The Balaban J connectivity index is 1.55. The average Bonchev–Trinajstić information content (AvgIpc) is 3.23. The molecular formula is C19H13ClN6O. The van der Waals surface area contributed by atoms with Gasteiger partial charge in [-0.1, -0.05) is 23.7 Å². The monoisotopic (exact) mass is 376 g/mol. The zero-order chi connectivity index (χ0) is 18.6. The average molecular weight is 377 g/mol. The number of nitrogens with zero attached hydrogens (tertiary/aromatic N) is 5. The van der Waals surface area contributed by atoms with Gasteiger partial charge in [0, 0.05) is 29.2 Å². The van der Waals surface area contributed by atoms with Crippen molar-refractivity contribution in [2.75, 3.05) is 5.32 Å². The Morgan fingerprint density at radius 3 is 2.56 bits per heavy atom. The standard InChI is InChI=1S/C19H13ClN6O/c20-17-7-16(4-5-18(17)26-12-23-11-24-26)25-19(27)14-3-1-2-13(6-14)15-8-21-10-22-9-15/h1-12H,(H,25,27). The second-order valence-electron chi connectivity index (χ2n) is 5.67. The summed E-state index contributed by atoms with van der Waals surface area (Å²) in [5.74, 6) is -0.238. The molecule has 0 aliphatic rings. The van der Waals surface area contributed by atoms with Crippen molar-refractivity contribution >= 4 is 23.2 Å². The molecule has 2 aromatic carbocycles. The van der Waals surface area contributed by atoms with Gasteiger partial charge < -0.3 is 5.32 Å². The maximum absolute atomic E-state index is 12.6. The molecule has 0 saturated carbocycles. The number of rotatable bonds is 4. The van der Waals surface area contributed by atoms with E-state index >= 15 is 0 Å². The first-order valence-electron chi connectivity index (χ1n) is 8.02. The second-order valence-corrected chi connectivity index (χ2v) is 6.08. The molecule has 7 nitrogen and oxygen atoms in total. The number of anilines is 1. The van der Waals surface area contributed by atoms with Crippen LogP contribution in [0, 0.1) is 0 Å². The highest BCUT2D eigenvalue weighted by molar-refractivity contribution is 6.32. The van der Waals surface area contributed by atoms with E-state index in [2.05, 4.69) is 25.4 Å². The van der Waals surface area contributed by atoms with E-state index in [4.69, 9.17) is 11.6 Å². The predicted octanol–water partition coefficient (Wildman–Crippen LogP) is 3.63. The number of halogens is 1. The van der Waals surface area contributed by atoms with Crippen molar-refractivity contribution < 1.29 is 4.79 Å². The third kappa shape index (κ3) is 3.68. The fourth-order valence-corrected chi connectivity index (χ4v) is 2.86. The molecule has 27 heavy (non-hydrogen) atoms.